The maximum absolute atomic E-state index is 10.4. The van der Waals surface area contributed by atoms with Gasteiger partial charge in [0.25, 0.3) is 0 Å². The number of nitrogens with two attached hydrogens (primary N) is 1. The zero-order valence-electron chi connectivity index (χ0n) is 8.90. The summed E-state index contributed by atoms with van der Waals surface area (Å²) in [4.78, 5) is 10.4. The Bertz CT molecular complexity index is 357. The van der Waals surface area contributed by atoms with Gasteiger partial charge in [-0.15, -0.1) is 0 Å². The van der Waals surface area contributed by atoms with Crippen LogP contribution in [0, 0.1) is 6.92 Å². The lowest BCUT2D eigenvalue weighted by atomic mass is 10.0. The van der Waals surface area contributed by atoms with Gasteiger partial charge in [0.2, 0.25) is 0 Å². The molecule has 2 amide bonds. The van der Waals surface area contributed by atoms with Crippen LogP contribution in [0.2, 0.25) is 0 Å². The lowest BCUT2D eigenvalue weighted by Gasteiger charge is -2.05. The Balaban J connectivity index is 2.60. The SMILES string of the molecule is Cc1ccc(C(C)/C=N/NC(N)=O)cc1. The molecule has 1 aromatic carbocycles. The van der Waals surface area contributed by atoms with Gasteiger partial charge in [-0.3, -0.25) is 0 Å². The highest BCUT2D eigenvalue weighted by Crippen LogP contribution is 2.13. The first-order chi connectivity index (χ1) is 7.09. The first-order valence-electron chi connectivity index (χ1n) is 4.75. The summed E-state index contributed by atoms with van der Waals surface area (Å²) in [7, 11) is 0. The van der Waals surface area contributed by atoms with Crippen LogP contribution in [0.25, 0.3) is 0 Å². The molecule has 0 spiro atoms. The van der Waals surface area contributed by atoms with E-state index < -0.39 is 6.03 Å². The fraction of sp³-hybridized carbons (Fsp3) is 0.273. The average molecular weight is 205 g/mol. The number of urea groups is 1. The molecule has 3 N–H and O–H groups in total. The van der Waals surface area contributed by atoms with Crippen LogP contribution in [0.3, 0.4) is 0 Å². The van der Waals surface area contributed by atoms with Crippen LogP contribution in [-0.4, -0.2) is 12.2 Å². The molecule has 1 rings (SSSR count). The quantitative estimate of drug-likeness (QED) is 0.573. The fourth-order valence-electron chi connectivity index (χ4n) is 1.17. The second-order valence-electron chi connectivity index (χ2n) is 3.45. The smallest absolute Gasteiger partial charge is 0.332 e. The minimum atomic E-state index is -0.651. The zero-order chi connectivity index (χ0) is 11.3. The van der Waals surface area contributed by atoms with Crippen LogP contribution < -0.4 is 11.2 Å². The van der Waals surface area contributed by atoms with Gasteiger partial charge in [0.1, 0.15) is 0 Å². The normalized spacial score (nSPS) is 12.7. The molecule has 1 atom stereocenters. The van der Waals surface area contributed by atoms with Gasteiger partial charge in [0.15, 0.2) is 0 Å². The lowest BCUT2D eigenvalue weighted by molar-refractivity contribution is 0.249. The summed E-state index contributed by atoms with van der Waals surface area (Å²) in [6.45, 7) is 4.04. The maximum Gasteiger partial charge on any atom is 0.332 e. The monoisotopic (exact) mass is 205 g/mol. The fourth-order valence-corrected chi connectivity index (χ4v) is 1.17. The van der Waals surface area contributed by atoms with Crippen molar-refractivity contribution in [2.24, 2.45) is 10.8 Å². The van der Waals surface area contributed by atoms with Gasteiger partial charge in [-0.2, -0.15) is 5.10 Å². The van der Waals surface area contributed by atoms with E-state index in [2.05, 4.69) is 10.5 Å². The number of carbonyl (C=O) groups excluding carboxylic acids is 1. The summed E-state index contributed by atoms with van der Waals surface area (Å²) < 4.78 is 0. The van der Waals surface area contributed by atoms with Crippen molar-refractivity contribution in [1.29, 1.82) is 0 Å². The van der Waals surface area contributed by atoms with Gasteiger partial charge in [0.05, 0.1) is 0 Å². The first-order valence-corrected chi connectivity index (χ1v) is 4.75. The highest BCUT2D eigenvalue weighted by atomic mass is 16.2. The molecule has 0 aliphatic rings. The Morgan fingerprint density at radius 3 is 2.60 bits per heavy atom. The van der Waals surface area contributed by atoms with E-state index in [9.17, 15) is 4.79 Å². The minimum Gasteiger partial charge on any atom is -0.350 e. The Morgan fingerprint density at radius 1 is 1.47 bits per heavy atom. The van der Waals surface area contributed by atoms with E-state index in [0.717, 1.165) is 5.56 Å². The Labute approximate surface area is 89.2 Å². The van der Waals surface area contributed by atoms with E-state index in [-0.39, 0.29) is 5.92 Å². The van der Waals surface area contributed by atoms with E-state index in [1.807, 2.05) is 38.1 Å². The second kappa shape index (κ2) is 5.14. The minimum absolute atomic E-state index is 0.150. The van der Waals surface area contributed by atoms with E-state index >= 15 is 0 Å². The zero-order valence-corrected chi connectivity index (χ0v) is 8.90. The molecule has 0 saturated carbocycles. The standard InChI is InChI=1S/C11H15N3O/c1-8-3-5-10(6-4-8)9(2)7-13-14-11(12)15/h3-7,9H,1-2H3,(H3,12,14,15)/b13-7+. The predicted molar refractivity (Wildman–Crippen MR) is 60.8 cm³/mol. The summed E-state index contributed by atoms with van der Waals surface area (Å²) in [6.07, 6.45) is 1.65. The molecule has 4 heteroatoms. The molecule has 1 aromatic rings. The van der Waals surface area contributed by atoms with Crippen LogP contribution >= 0.6 is 0 Å². The summed E-state index contributed by atoms with van der Waals surface area (Å²) >= 11 is 0. The number of hydrogen-bond acceptors (Lipinski definition) is 2. The number of aryl methyl sites for hydroxylation is 1. The molecule has 0 saturated heterocycles. The van der Waals surface area contributed by atoms with Crippen LogP contribution in [0.5, 0.6) is 0 Å². The first kappa shape index (κ1) is 11.2. The highest BCUT2D eigenvalue weighted by molar-refractivity contribution is 5.74. The maximum atomic E-state index is 10.4. The van der Waals surface area contributed by atoms with Gasteiger partial charge >= 0.3 is 6.03 Å². The number of hydrogen-bond donors (Lipinski definition) is 2. The van der Waals surface area contributed by atoms with E-state index in [1.54, 1.807) is 6.21 Å². The molecular formula is C11H15N3O. The second-order valence-corrected chi connectivity index (χ2v) is 3.45. The molecule has 80 valence electrons. The van der Waals surface area contributed by atoms with Gasteiger partial charge in [0, 0.05) is 12.1 Å². The Morgan fingerprint density at radius 2 is 2.07 bits per heavy atom. The number of hydrazone groups is 1. The Hall–Kier alpha value is -1.84. The summed E-state index contributed by atoms with van der Waals surface area (Å²) in [5, 5.41) is 3.72. The lowest BCUT2D eigenvalue weighted by Crippen LogP contribution is -2.24. The van der Waals surface area contributed by atoms with Crippen molar-refractivity contribution in [3.8, 4) is 0 Å². The predicted octanol–water partition coefficient (Wildman–Crippen LogP) is 1.75. The van der Waals surface area contributed by atoms with E-state index in [0.29, 0.717) is 0 Å². The number of primary amides is 1. The Kier molecular flexibility index (Phi) is 3.85. The summed E-state index contributed by atoms with van der Waals surface area (Å²) in [6, 6.07) is 7.51. The van der Waals surface area contributed by atoms with Crippen molar-refractivity contribution >= 4 is 12.2 Å². The van der Waals surface area contributed by atoms with Gasteiger partial charge in [-0.25, -0.2) is 10.2 Å². The van der Waals surface area contributed by atoms with Gasteiger partial charge < -0.3 is 5.73 Å². The van der Waals surface area contributed by atoms with Crippen molar-refractivity contribution in [3.63, 3.8) is 0 Å². The average Bonchev–Trinajstić information content (AvgIpc) is 2.18. The number of nitrogens with one attached hydrogen (secondary N) is 1. The highest BCUT2D eigenvalue weighted by Gasteiger charge is 2.01. The van der Waals surface area contributed by atoms with Gasteiger partial charge in [-0.1, -0.05) is 36.8 Å². The molecule has 0 aromatic heterocycles. The molecule has 1 unspecified atom stereocenters. The number of amides is 2. The van der Waals surface area contributed by atoms with Crippen molar-refractivity contribution in [3.05, 3.63) is 35.4 Å². The third-order valence-corrected chi connectivity index (χ3v) is 2.08. The van der Waals surface area contributed by atoms with Crippen LogP contribution in [0.15, 0.2) is 29.4 Å². The molecule has 15 heavy (non-hydrogen) atoms. The van der Waals surface area contributed by atoms with Crippen molar-refractivity contribution in [2.75, 3.05) is 0 Å². The number of nitrogens with zero attached hydrogens (tertiary/aromatic N) is 1. The number of benzene rings is 1. The molecule has 0 aliphatic heterocycles. The molecule has 0 fully saturated rings. The molecule has 4 nitrogen and oxygen atoms in total. The third-order valence-electron chi connectivity index (χ3n) is 2.08. The topological polar surface area (TPSA) is 67.5 Å². The van der Waals surface area contributed by atoms with Crippen molar-refractivity contribution in [2.45, 2.75) is 19.8 Å². The van der Waals surface area contributed by atoms with Crippen LogP contribution in [0.4, 0.5) is 4.79 Å². The van der Waals surface area contributed by atoms with Gasteiger partial charge in [-0.05, 0) is 12.5 Å². The van der Waals surface area contributed by atoms with E-state index in [1.165, 1.54) is 5.56 Å². The molecular weight excluding hydrogens is 190 g/mol. The van der Waals surface area contributed by atoms with E-state index in [4.69, 9.17) is 5.73 Å². The largest absolute Gasteiger partial charge is 0.350 e. The summed E-state index contributed by atoms with van der Waals surface area (Å²) in [5.41, 5.74) is 9.41. The molecule has 0 radical (unpaired) electrons. The van der Waals surface area contributed by atoms with Crippen LogP contribution in [-0.2, 0) is 0 Å². The summed E-state index contributed by atoms with van der Waals surface area (Å²) in [5.74, 6) is 0.150. The molecule has 0 aliphatic carbocycles. The number of rotatable bonds is 3. The van der Waals surface area contributed by atoms with Crippen LogP contribution in [0.1, 0.15) is 24.0 Å². The molecule has 0 heterocycles. The number of carbonyl (C=O) groups is 1. The van der Waals surface area contributed by atoms with Crippen molar-refractivity contribution < 1.29 is 4.79 Å². The van der Waals surface area contributed by atoms with Crippen molar-refractivity contribution in [1.82, 2.24) is 5.43 Å². The molecule has 0 bridgehead atoms. The third kappa shape index (κ3) is 3.81.